The number of ether oxygens (including phenoxy) is 1. The lowest BCUT2D eigenvalue weighted by Crippen LogP contribution is -2.47. The van der Waals surface area contributed by atoms with Gasteiger partial charge >= 0.3 is 0 Å². The molecule has 22 heavy (non-hydrogen) atoms. The van der Waals surface area contributed by atoms with Crippen LogP contribution in [0.2, 0.25) is 0 Å². The van der Waals surface area contributed by atoms with E-state index in [9.17, 15) is 4.79 Å². The van der Waals surface area contributed by atoms with Crippen LogP contribution in [0.4, 0.5) is 0 Å². The topological polar surface area (TPSA) is 41.6 Å². The summed E-state index contributed by atoms with van der Waals surface area (Å²) in [7, 11) is 3.63. The number of halogens is 2. The average Bonchev–Trinajstić information content (AvgIpc) is 2.52. The highest BCUT2D eigenvalue weighted by Crippen LogP contribution is 2.24. The molecule has 1 amide bonds. The van der Waals surface area contributed by atoms with Crippen LogP contribution < -0.4 is 10.1 Å². The summed E-state index contributed by atoms with van der Waals surface area (Å²) in [4.78, 5) is 14.3. The largest absolute Gasteiger partial charge is 0.496 e. The average molecular weight is 392 g/mol. The van der Waals surface area contributed by atoms with E-state index < -0.39 is 0 Å². The van der Waals surface area contributed by atoms with Crippen LogP contribution in [0, 0.1) is 0 Å². The van der Waals surface area contributed by atoms with Crippen LogP contribution in [-0.4, -0.2) is 44.1 Å². The highest BCUT2D eigenvalue weighted by Gasteiger charge is 2.22. The fourth-order valence-corrected chi connectivity index (χ4v) is 3.19. The van der Waals surface area contributed by atoms with Crippen molar-refractivity contribution in [3.8, 4) is 5.75 Å². The van der Waals surface area contributed by atoms with Gasteiger partial charge in [-0.15, -0.1) is 12.4 Å². The van der Waals surface area contributed by atoms with Gasteiger partial charge in [0.25, 0.3) is 0 Å². The van der Waals surface area contributed by atoms with Gasteiger partial charge in [-0.3, -0.25) is 4.79 Å². The molecule has 2 rings (SSSR count). The Hall–Kier alpha value is -0.780. The molecular formula is C16H24BrClN2O2. The number of hydrogen-bond donors (Lipinski definition) is 1. The fourth-order valence-electron chi connectivity index (χ4n) is 2.78. The number of nitrogens with zero attached hydrogens (tertiary/aromatic N) is 1. The van der Waals surface area contributed by atoms with Crippen molar-refractivity contribution in [2.75, 3.05) is 27.2 Å². The molecule has 1 fully saturated rings. The standard InChI is InChI=1S/C16H23BrN2O2.ClH/c1-18-14-4-3-9-19(11-14)16(20)8-5-12-10-13(17)6-7-15(12)21-2;/h6-7,10,14,18H,3-5,8-9,11H2,1-2H3;1H. The van der Waals surface area contributed by atoms with E-state index in [2.05, 4.69) is 21.2 Å². The van der Waals surface area contributed by atoms with Gasteiger partial charge in [-0.1, -0.05) is 15.9 Å². The van der Waals surface area contributed by atoms with Crippen LogP contribution in [0.5, 0.6) is 5.75 Å². The number of aryl methyl sites for hydroxylation is 1. The molecule has 0 spiro atoms. The quantitative estimate of drug-likeness (QED) is 0.839. The van der Waals surface area contributed by atoms with Gasteiger partial charge in [-0.05, 0) is 50.1 Å². The Bertz CT molecular complexity index is 499. The molecule has 1 aromatic carbocycles. The molecule has 0 bridgehead atoms. The maximum atomic E-state index is 12.4. The molecule has 0 aromatic heterocycles. The Morgan fingerprint density at radius 1 is 1.50 bits per heavy atom. The first kappa shape index (κ1) is 19.3. The highest BCUT2D eigenvalue weighted by molar-refractivity contribution is 9.10. The number of amides is 1. The van der Waals surface area contributed by atoms with Crippen molar-refractivity contribution in [2.45, 2.75) is 31.7 Å². The van der Waals surface area contributed by atoms with Gasteiger partial charge < -0.3 is 15.0 Å². The summed E-state index contributed by atoms with van der Waals surface area (Å²) in [6.07, 6.45) is 3.47. The van der Waals surface area contributed by atoms with Crippen molar-refractivity contribution < 1.29 is 9.53 Å². The predicted molar refractivity (Wildman–Crippen MR) is 94.9 cm³/mol. The molecule has 6 heteroatoms. The van der Waals surface area contributed by atoms with Crippen molar-refractivity contribution in [1.29, 1.82) is 0 Å². The van der Waals surface area contributed by atoms with Gasteiger partial charge in [-0.25, -0.2) is 0 Å². The zero-order valence-electron chi connectivity index (χ0n) is 13.1. The zero-order valence-corrected chi connectivity index (χ0v) is 15.5. The summed E-state index contributed by atoms with van der Waals surface area (Å²) in [6.45, 7) is 1.71. The first-order valence-corrected chi connectivity index (χ1v) is 8.20. The fraction of sp³-hybridized carbons (Fsp3) is 0.562. The second-order valence-electron chi connectivity index (χ2n) is 5.42. The summed E-state index contributed by atoms with van der Waals surface area (Å²) in [5.74, 6) is 1.08. The van der Waals surface area contributed by atoms with Crippen molar-refractivity contribution in [3.63, 3.8) is 0 Å². The number of carbonyl (C=O) groups excluding carboxylic acids is 1. The lowest BCUT2D eigenvalue weighted by atomic mass is 10.0. The molecule has 1 heterocycles. The van der Waals surface area contributed by atoms with Crippen molar-refractivity contribution in [2.24, 2.45) is 0 Å². The Morgan fingerprint density at radius 2 is 2.27 bits per heavy atom. The number of benzene rings is 1. The summed E-state index contributed by atoms with van der Waals surface area (Å²) >= 11 is 3.47. The molecule has 1 unspecified atom stereocenters. The zero-order chi connectivity index (χ0) is 15.2. The summed E-state index contributed by atoms with van der Waals surface area (Å²) in [6, 6.07) is 6.34. The van der Waals surface area contributed by atoms with Crippen molar-refractivity contribution in [3.05, 3.63) is 28.2 Å². The van der Waals surface area contributed by atoms with Crippen LogP contribution in [-0.2, 0) is 11.2 Å². The monoisotopic (exact) mass is 390 g/mol. The Kier molecular flexibility index (Phi) is 8.21. The number of rotatable bonds is 5. The molecule has 1 atom stereocenters. The molecule has 0 saturated carbocycles. The van der Waals surface area contributed by atoms with Crippen LogP contribution in [0.3, 0.4) is 0 Å². The number of piperidine rings is 1. The molecule has 1 saturated heterocycles. The minimum Gasteiger partial charge on any atom is -0.496 e. The number of nitrogens with one attached hydrogen (secondary N) is 1. The van der Waals surface area contributed by atoms with Crippen molar-refractivity contribution >= 4 is 34.2 Å². The molecule has 0 aliphatic carbocycles. The van der Waals surface area contributed by atoms with Gasteiger partial charge in [0.2, 0.25) is 5.91 Å². The van der Waals surface area contributed by atoms with E-state index in [1.807, 2.05) is 30.1 Å². The molecular weight excluding hydrogens is 368 g/mol. The minimum absolute atomic E-state index is 0. The maximum absolute atomic E-state index is 12.4. The first-order valence-electron chi connectivity index (χ1n) is 7.41. The van der Waals surface area contributed by atoms with E-state index in [1.54, 1.807) is 7.11 Å². The third-order valence-corrected chi connectivity index (χ3v) is 4.53. The van der Waals surface area contributed by atoms with Gasteiger partial charge in [0.05, 0.1) is 7.11 Å². The minimum atomic E-state index is 0. The molecule has 1 aromatic rings. The molecule has 4 nitrogen and oxygen atoms in total. The van der Waals surface area contributed by atoms with E-state index in [0.29, 0.717) is 18.9 Å². The lowest BCUT2D eigenvalue weighted by molar-refractivity contribution is -0.132. The molecule has 124 valence electrons. The number of carbonyl (C=O) groups is 1. The van der Waals surface area contributed by atoms with Crippen LogP contribution in [0.25, 0.3) is 0 Å². The molecule has 1 aliphatic heterocycles. The van der Waals surface area contributed by atoms with E-state index in [1.165, 1.54) is 0 Å². The number of likely N-dealkylation sites (N-methyl/N-ethyl adjacent to an activating group) is 1. The maximum Gasteiger partial charge on any atom is 0.222 e. The van der Waals surface area contributed by atoms with E-state index >= 15 is 0 Å². The normalized spacial score (nSPS) is 17.8. The van der Waals surface area contributed by atoms with Gasteiger partial charge in [0.1, 0.15) is 5.75 Å². The van der Waals surface area contributed by atoms with Gasteiger partial charge in [-0.2, -0.15) is 0 Å². The highest BCUT2D eigenvalue weighted by atomic mass is 79.9. The van der Waals surface area contributed by atoms with Crippen LogP contribution in [0.1, 0.15) is 24.8 Å². The third-order valence-electron chi connectivity index (χ3n) is 4.03. The van der Waals surface area contributed by atoms with Gasteiger partial charge in [0, 0.05) is 30.0 Å². The molecule has 1 N–H and O–H groups in total. The van der Waals surface area contributed by atoms with Crippen LogP contribution in [0.15, 0.2) is 22.7 Å². The van der Waals surface area contributed by atoms with E-state index in [-0.39, 0.29) is 18.3 Å². The Labute approximate surface area is 147 Å². The van der Waals surface area contributed by atoms with Crippen LogP contribution >= 0.6 is 28.3 Å². The van der Waals surface area contributed by atoms with E-state index in [4.69, 9.17) is 4.74 Å². The molecule has 0 radical (unpaired) electrons. The first-order chi connectivity index (χ1) is 10.1. The van der Waals surface area contributed by atoms with Gasteiger partial charge in [0.15, 0.2) is 0 Å². The second-order valence-corrected chi connectivity index (χ2v) is 6.34. The summed E-state index contributed by atoms with van der Waals surface area (Å²) in [5, 5.41) is 3.27. The lowest BCUT2D eigenvalue weighted by Gasteiger charge is -2.32. The Morgan fingerprint density at radius 3 is 2.95 bits per heavy atom. The summed E-state index contributed by atoms with van der Waals surface area (Å²) in [5.41, 5.74) is 1.07. The number of methoxy groups -OCH3 is 1. The number of likely N-dealkylation sites (tertiary alicyclic amines) is 1. The van der Waals surface area contributed by atoms with E-state index in [0.717, 1.165) is 41.7 Å². The number of hydrogen-bond acceptors (Lipinski definition) is 3. The Balaban J connectivity index is 0.00000242. The second kappa shape index (κ2) is 9.38. The van der Waals surface area contributed by atoms with Crippen molar-refractivity contribution in [1.82, 2.24) is 10.2 Å². The third kappa shape index (κ3) is 5.14. The SMILES string of the molecule is CNC1CCCN(C(=O)CCc2cc(Br)ccc2OC)C1.Cl. The summed E-state index contributed by atoms with van der Waals surface area (Å²) < 4.78 is 6.37. The smallest absolute Gasteiger partial charge is 0.222 e. The predicted octanol–water partition coefficient (Wildman–Crippen LogP) is 3.02. The molecule has 1 aliphatic rings.